The van der Waals surface area contributed by atoms with Gasteiger partial charge in [-0.2, -0.15) is 5.10 Å². The third-order valence-corrected chi connectivity index (χ3v) is 3.39. The van der Waals surface area contributed by atoms with Crippen LogP contribution in [-0.4, -0.2) is 34.0 Å². The average Bonchev–Trinajstić information content (AvgIpc) is 2.65. The standard InChI is InChI=1S/C13H14N4O/c1-17-11-6-8(2-3-10(11)13(14)16-17)9-4-5-15-7-12(9)18/h2-5,7,11,18H,6H2,1H3,(H2,14,16). The highest BCUT2D eigenvalue weighted by Crippen LogP contribution is 2.35. The first-order valence-corrected chi connectivity index (χ1v) is 5.78. The molecule has 1 aliphatic carbocycles. The van der Waals surface area contributed by atoms with E-state index < -0.39 is 0 Å². The number of allylic oxidation sites excluding steroid dienone is 2. The van der Waals surface area contributed by atoms with Crippen LogP contribution in [0.5, 0.6) is 5.75 Å². The summed E-state index contributed by atoms with van der Waals surface area (Å²) in [6.07, 6.45) is 7.88. The summed E-state index contributed by atoms with van der Waals surface area (Å²) in [5, 5.41) is 15.9. The number of hydrogen-bond donors (Lipinski definition) is 2. The molecule has 0 fully saturated rings. The highest BCUT2D eigenvalue weighted by Gasteiger charge is 2.31. The van der Waals surface area contributed by atoms with E-state index in [2.05, 4.69) is 10.1 Å². The van der Waals surface area contributed by atoms with Crippen LogP contribution in [0.4, 0.5) is 0 Å². The maximum atomic E-state index is 9.83. The van der Waals surface area contributed by atoms with E-state index in [0.29, 0.717) is 5.84 Å². The highest BCUT2D eigenvalue weighted by molar-refractivity contribution is 6.01. The van der Waals surface area contributed by atoms with Crippen molar-refractivity contribution in [3.05, 3.63) is 41.7 Å². The molecule has 1 aliphatic heterocycles. The van der Waals surface area contributed by atoms with Gasteiger partial charge in [0.1, 0.15) is 11.6 Å². The summed E-state index contributed by atoms with van der Waals surface area (Å²) in [5.74, 6) is 0.784. The Morgan fingerprint density at radius 3 is 3.06 bits per heavy atom. The Hall–Kier alpha value is -2.30. The molecule has 1 atom stereocenters. The van der Waals surface area contributed by atoms with Crippen LogP contribution >= 0.6 is 0 Å². The number of likely N-dealkylation sites (N-methyl/N-ethyl adjacent to an activating group) is 1. The lowest BCUT2D eigenvalue weighted by Gasteiger charge is -2.24. The van der Waals surface area contributed by atoms with Crippen molar-refractivity contribution in [3.63, 3.8) is 0 Å². The normalized spacial score (nSPS) is 22.2. The topological polar surface area (TPSA) is 74.7 Å². The van der Waals surface area contributed by atoms with Crippen molar-refractivity contribution in [2.24, 2.45) is 10.8 Å². The molecule has 92 valence electrons. The number of aromatic hydroxyl groups is 1. The minimum absolute atomic E-state index is 0.164. The van der Waals surface area contributed by atoms with E-state index in [0.717, 1.165) is 23.1 Å². The van der Waals surface area contributed by atoms with Crippen LogP contribution in [0.15, 0.2) is 41.3 Å². The fraction of sp³-hybridized carbons (Fsp3) is 0.231. The molecule has 0 radical (unpaired) electrons. The van der Waals surface area contributed by atoms with Gasteiger partial charge in [-0.25, -0.2) is 0 Å². The van der Waals surface area contributed by atoms with Gasteiger partial charge in [-0.15, -0.1) is 0 Å². The number of hydrogen-bond acceptors (Lipinski definition) is 5. The first-order chi connectivity index (χ1) is 8.66. The largest absolute Gasteiger partial charge is 0.506 e. The molecule has 0 bridgehead atoms. The zero-order chi connectivity index (χ0) is 12.7. The van der Waals surface area contributed by atoms with Crippen molar-refractivity contribution in [2.75, 3.05) is 7.05 Å². The van der Waals surface area contributed by atoms with Crippen LogP contribution in [0.25, 0.3) is 5.57 Å². The molecule has 3 N–H and O–H groups in total. The maximum absolute atomic E-state index is 9.83. The zero-order valence-corrected chi connectivity index (χ0v) is 10.0. The molecule has 0 spiro atoms. The van der Waals surface area contributed by atoms with Gasteiger partial charge in [0.05, 0.1) is 12.2 Å². The number of fused-ring (bicyclic) bond motifs is 1. The molecular formula is C13H14N4O. The Labute approximate surface area is 105 Å². The number of pyridine rings is 1. The molecule has 0 saturated heterocycles. The van der Waals surface area contributed by atoms with Gasteiger partial charge in [0.2, 0.25) is 0 Å². The Balaban J connectivity index is 1.99. The predicted molar refractivity (Wildman–Crippen MR) is 69.8 cm³/mol. The van der Waals surface area contributed by atoms with Crippen LogP contribution in [0.2, 0.25) is 0 Å². The lowest BCUT2D eigenvalue weighted by atomic mass is 9.89. The number of amidine groups is 1. The van der Waals surface area contributed by atoms with Crippen LogP contribution in [0.1, 0.15) is 12.0 Å². The van der Waals surface area contributed by atoms with Crippen molar-refractivity contribution in [3.8, 4) is 5.75 Å². The Morgan fingerprint density at radius 1 is 1.44 bits per heavy atom. The number of hydrazone groups is 1. The molecule has 5 nitrogen and oxygen atoms in total. The van der Waals surface area contributed by atoms with Gasteiger partial charge >= 0.3 is 0 Å². The van der Waals surface area contributed by atoms with Crippen LogP contribution in [0, 0.1) is 0 Å². The average molecular weight is 242 g/mol. The fourth-order valence-electron chi connectivity index (χ4n) is 2.43. The summed E-state index contributed by atoms with van der Waals surface area (Å²) in [5.41, 5.74) is 8.78. The van der Waals surface area contributed by atoms with E-state index in [1.54, 1.807) is 6.20 Å². The minimum Gasteiger partial charge on any atom is -0.506 e. The second-order valence-electron chi connectivity index (χ2n) is 4.49. The van der Waals surface area contributed by atoms with Crippen molar-refractivity contribution >= 4 is 11.4 Å². The Bertz CT molecular complexity index is 588. The van der Waals surface area contributed by atoms with E-state index in [9.17, 15) is 5.11 Å². The summed E-state index contributed by atoms with van der Waals surface area (Å²) < 4.78 is 0. The van der Waals surface area contributed by atoms with Gasteiger partial charge < -0.3 is 10.8 Å². The molecule has 1 aromatic rings. The smallest absolute Gasteiger partial charge is 0.148 e. The molecule has 1 aromatic heterocycles. The lowest BCUT2D eigenvalue weighted by Crippen LogP contribution is -2.27. The van der Waals surface area contributed by atoms with E-state index in [1.165, 1.54) is 6.20 Å². The number of nitrogens with two attached hydrogens (primary N) is 1. The molecule has 0 aromatic carbocycles. The highest BCUT2D eigenvalue weighted by atomic mass is 16.3. The van der Waals surface area contributed by atoms with Crippen molar-refractivity contribution < 1.29 is 5.11 Å². The van der Waals surface area contributed by atoms with Gasteiger partial charge in [0.25, 0.3) is 0 Å². The van der Waals surface area contributed by atoms with Gasteiger partial charge in [-0.05, 0) is 18.1 Å². The number of aromatic nitrogens is 1. The molecule has 3 rings (SSSR count). The molecular weight excluding hydrogens is 228 g/mol. The van der Waals surface area contributed by atoms with Crippen molar-refractivity contribution in [2.45, 2.75) is 12.5 Å². The third kappa shape index (κ3) is 1.55. The van der Waals surface area contributed by atoms with Gasteiger partial charge in [0, 0.05) is 24.4 Å². The SMILES string of the molecule is CN1N=C(N)C2=CC=C(c3ccncc3O)CC21. The number of nitrogens with zero attached hydrogens (tertiary/aromatic N) is 3. The van der Waals surface area contributed by atoms with E-state index in [4.69, 9.17) is 5.73 Å². The van der Waals surface area contributed by atoms with E-state index in [-0.39, 0.29) is 11.8 Å². The van der Waals surface area contributed by atoms with Crippen LogP contribution in [0.3, 0.4) is 0 Å². The zero-order valence-electron chi connectivity index (χ0n) is 10.0. The summed E-state index contributed by atoms with van der Waals surface area (Å²) >= 11 is 0. The molecule has 5 heteroatoms. The quantitative estimate of drug-likeness (QED) is 0.773. The monoisotopic (exact) mass is 242 g/mol. The van der Waals surface area contributed by atoms with Gasteiger partial charge in [-0.1, -0.05) is 12.2 Å². The second-order valence-corrected chi connectivity index (χ2v) is 4.49. The first kappa shape index (κ1) is 10.8. The molecule has 18 heavy (non-hydrogen) atoms. The maximum Gasteiger partial charge on any atom is 0.148 e. The van der Waals surface area contributed by atoms with E-state index >= 15 is 0 Å². The summed E-state index contributed by atoms with van der Waals surface area (Å²) in [6.45, 7) is 0. The van der Waals surface area contributed by atoms with Crippen LogP contribution in [-0.2, 0) is 0 Å². The molecule has 2 heterocycles. The molecule has 0 amide bonds. The second kappa shape index (κ2) is 3.87. The summed E-state index contributed by atoms with van der Waals surface area (Å²) in [6, 6.07) is 1.98. The fourth-order valence-corrected chi connectivity index (χ4v) is 2.43. The Morgan fingerprint density at radius 2 is 2.28 bits per heavy atom. The Kier molecular flexibility index (Phi) is 2.33. The summed E-state index contributed by atoms with van der Waals surface area (Å²) in [7, 11) is 1.91. The number of rotatable bonds is 1. The summed E-state index contributed by atoms with van der Waals surface area (Å²) in [4.78, 5) is 3.89. The molecule has 0 saturated carbocycles. The third-order valence-electron chi connectivity index (χ3n) is 3.39. The molecule has 2 aliphatic rings. The van der Waals surface area contributed by atoms with Crippen molar-refractivity contribution in [1.82, 2.24) is 9.99 Å². The van der Waals surface area contributed by atoms with Gasteiger partial charge in [-0.3, -0.25) is 9.99 Å². The molecule has 1 unspecified atom stereocenters. The van der Waals surface area contributed by atoms with Crippen molar-refractivity contribution in [1.29, 1.82) is 0 Å². The minimum atomic E-state index is 0.164. The van der Waals surface area contributed by atoms with E-state index in [1.807, 2.05) is 30.3 Å². The lowest BCUT2D eigenvalue weighted by molar-refractivity contribution is 0.312. The first-order valence-electron chi connectivity index (χ1n) is 5.78. The predicted octanol–water partition coefficient (Wildman–Crippen LogP) is 1.09. The van der Waals surface area contributed by atoms with Gasteiger partial charge in [0.15, 0.2) is 0 Å². The van der Waals surface area contributed by atoms with Crippen LogP contribution < -0.4 is 5.73 Å².